The van der Waals surface area contributed by atoms with E-state index < -0.39 is 0 Å². The van der Waals surface area contributed by atoms with Crippen LogP contribution in [-0.4, -0.2) is 14.1 Å². The molecule has 0 fully saturated rings. The van der Waals surface area contributed by atoms with Crippen molar-refractivity contribution in [1.29, 1.82) is 0 Å². The fourth-order valence-electron chi connectivity index (χ4n) is 9.90. The van der Waals surface area contributed by atoms with Gasteiger partial charge in [0.1, 0.15) is 0 Å². The molecule has 0 unspecified atom stereocenters. The predicted molar refractivity (Wildman–Crippen MR) is 251 cm³/mol. The van der Waals surface area contributed by atoms with Crippen molar-refractivity contribution in [3.05, 3.63) is 212 Å². The van der Waals surface area contributed by atoms with E-state index in [0.29, 0.717) is 0 Å². The van der Waals surface area contributed by atoms with E-state index in [1.807, 2.05) is 0 Å². The summed E-state index contributed by atoms with van der Waals surface area (Å²) in [5.41, 5.74) is 20.2. The quantitative estimate of drug-likeness (QED) is 0.171. The fourth-order valence-corrected chi connectivity index (χ4v) is 9.90. The van der Waals surface area contributed by atoms with Gasteiger partial charge in [-0.25, -0.2) is 4.98 Å². The number of fused-ring (bicyclic) bond motifs is 9. The van der Waals surface area contributed by atoms with Crippen molar-refractivity contribution < 1.29 is 0 Å². The molecule has 0 saturated heterocycles. The number of nitrogens with zero attached hydrogens (tertiary/aromatic N) is 3. The zero-order chi connectivity index (χ0) is 39.3. The maximum Gasteiger partial charge on any atom is 0.0722 e. The van der Waals surface area contributed by atoms with Crippen molar-refractivity contribution in [1.82, 2.24) is 14.1 Å². The Kier molecular flexibility index (Phi) is 7.01. The first-order valence-corrected chi connectivity index (χ1v) is 20.6. The summed E-state index contributed by atoms with van der Waals surface area (Å²) in [6, 6.07) is 77.3. The maximum atomic E-state index is 5.18. The monoisotopic (exact) mass is 761 g/mol. The summed E-state index contributed by atoms with van der Waals surface area (Å²) in [4.78, 5) is 5.18. The molecule has 12 aromatic rings. The Hall–Kier alpha value is -8.01. The molecule has 3 heterocycles. The molecule has 0 radical (unpaired) electrons. The zero-order valence-electron chi connectivity index (χ0n) is 32.5. The first-order chi connectivity index (χ1) is 29.7. The summed E-state index contributed by atoms with van der Waals surface area (Å²) in [5.74, 6) is 0. The second-order valence-corrected chi connectivity index (χ2v) is 15.9. The van der Waals surface area contributed by atoms with E-state index in [2.05, 4.69) is 221 Å². The van der Waals surface area contributed by atoms with Crippen molar-refractivity contribution in [2.45, 2.75) is 0 Å². The standard InChI is InChI=1S/C57H35N3/c1-2-11-36(12-3-1)37-21-27-41(28-22-37)59-53-19-8-6-15-45(53)48-33-39(25-31-55(48)59)40-26-32-56-49(34-40)46-16-7-9-20-54(46)60(56)42-29-23-38(24-30-42)52-35-50-44-14-5-4-13-43(44)47-17-10-18-51(58-52)57(47)50/h1-35H. The molecule has 60 heavy (non-hydrogen) atoms. The highest BCUT2D eigenvalue weighted by atomic mass is 15.0. The topological polar surface area (TPSA) is 22.8 Å². The van der Waals surface area contributed by atoms with Crippen LogP contribution in [0.2, 0.25) is 0 Å². The minimum Gasteiger partial charge on any atom is -0.309 e. The van der Waals surface area contributed by atoms with E-state index >= 15 is 0 Å². The van der Waals surface area contributed by atoms with E-state index in [0.717, 1.165) is 28.1 Å². The molecule has 9 aromatic carbocycles. The van der Waals surface area contributed by atoms with Crippen molar-refractivity contribution in [2.24, 2.45) is 0 Å². The summed E-state index contributed by atoms with van der Waals surface area (Å²) in [5, 5.41) is 6.23. The zero-order valence-corrected chi connectivity index (χ0v) is 32.5. The molecule has 0 bridgehead atoms. The second-order valence-electron chi connectivity index (χ2n) is 15.9. The number of aromatic nitrogens is 3. The normalized spacial score (nSPS) is 12.0. The van der Waals surface area contributed by atoms with E-state index in [-0.39, 0.29) is 0 Å². The van der Waals surface area contributed by atoms with Gasteiger partial charge in [0.2, 0.25) is 0 Å². The number of hydrogen-bond donors (Lipinski definition) is 0. The van der Waals surface area contributed by atoms with Crippen LogP contribution in [0, 0.1) is 0 Å². The number of para-hydroxylation sites is 2. The SMILES string of the molecule is c1ccc(-c2ccc(-n3c4ccccc4c4cc(-c5ccc6c(c5)c5ccccc5n6-c5ccc(-c6cc7c8c(cccc8n6)-c6ccccc6-7)cc5)ccc43)cc2)cc1. The van der Waals surface area contributed by atoms with Gasteiger partial charge in [-0.3, -0.25) is 0 Å². The summed E-state index contributed by atoms with van der Waals surface area (Å²) in [6.07, 6.45) is 0. The van der Waals surface area contributed by atoms with Gasteiger partial charge in [0.25, 0.3) is 0 Å². The van der Waals surface area contributed by atoms with Gasteiger partial charge in [0.15, 0.2) is 0 Å². The summed E-state index contributed by atoms with van der Waals surface area (Å²) >= 11 is 0. The minimum absolute atomic E-state index is 0.992. The Labute approximate surface area is 346 Å². The molecule has 0 spiro atoms. The molecule has 1 aliphatic carbocycles. The van der Waals surface area contributed by atoms with Gasteiger partial charge in [-0.15, -0.1) is 0 Å². The maximum absolute atomic E-state index is 5.18. The largest absolute Gasteiger partial charge is 0.309 e. The summed E-state index contributed by atoms with van der Waals surface area (Å²) in [6.45, 7) is 0. The molecular formula is C57H35N3. The van der Waals surface area contributed by atoms with Gasteiger partial charge < -0.3 is 9.13 Å². The van der Waals surface area contributed by atoms with Crippen LogP contribution >= 0.6 is 0 Å². The van der Waals surface area contributed by atoms with Gasteiger partial charge in [0, 0.05) is 43.9 Å². The Morgan fingerprint density at radius 3 is 1.37 bits per heavy atom. The Bertz CT molecular complexity index is 3680. The van der Waals surface area contributed by atoms with E-state index in [1.54, 1.807) is 0 Å². The molecule has 0 atom stereocenters. The smallest absolute Gasteiger partial charge is 0.0722 e. The lowest BCUT2D eigenvalue weighted by Gasteiger charge is -2.11. The lowest BCUT2D eigenvalue weighted by Crippen LogP contribution is -1.94. The first-order valence-electron chi connectivity index (χ1n) is 20.6. The number of hydrogen-bond acceptors (Lipinski definition) is 1. The van der Waals surface area contributed by atoms with Crippen LogP contribution in [0.3, 0.4) is 0 Å². The molecule has 0 amide bonds. The van der Waals surface area contributed by atoms with Gasteiger partial charge in [-0.2, -0.15) is 0 Å². The van der Waals surface area contributed by atoms with Gasteiger partial charge in [-0.05, 0) is 117 Å². The van der Waals surface area contributed by atoms with Crippen LogP contribution in [0.25, 0.3) is 122 Å². The average molecular weight is 762 g/mol. The number of rotatable bonds is 5. The first kappa shape index (κ1) is 33.0. The molecule has 1 aliphatic rings. The number of pyridine rings is 1. The molecule has 0 N–H and O–H groups in total. The highest BCUT2D eigenvalue weighted by Gasteiger charge is 2.23. The van der Waals surface area contributed by atoms with Gasteiger partial charge >= 0.3 is 0 Å². The molecule has 0 aliphatic heterocycles. The van der Waals surface area contributed by atoms with E-state index in [9.17, 15) is 0 Å². The molecule has 3 nitrogen and oxygen atoms in total. The third-order valence-electron chi connectivity index (χ3n) is 12.7. The average Bonchev–Trinajstić information content (AvgIpc) is 3.95. The Morgan fingerprint density at radius 1 is 0.283 bits per heavy atom. The summed E-state index contributed by atoms with van der Waals surface area (Å²) < 4.78 is 4.79. The second kappa shape index (κ2) is 12.7. The third kappa shape index (κ3) is 4.87. The lowest BCUT2D eigenvalue weighted by molar-refractivity contribution is 1.18. The van der Waals surface area contributed by atoms with E-state index in [1.165, 1.54) is 93.5 Å². The van der Waals surface area contributed by atoms with Crippen LogP contribution in [-0.2, 0) is 0 Å². The predicted octanol–water partition coefficient (Wildman–Crippen LogP) is 15.1. The highest BCUT2D eigenvalue weighted by Crippen LogP contribution is 2.48. The molecule has 278 valence electrons. The van der Waals surface area contributed by atoms with Gasteiger partial charge in [0.05, 0.1) is 33.3 Å². The molecule has 3 heteroatoms. The van der Waals surface area contributed by atoms with Crippen LogP contribution in [0.4, 0.5) is 0 Å². The van der Waals surface area contributed by atoms with Gasteiger partial charge in [-0.1, -0.05) is 140 Å². The minimum atomic E-state index is 0.992. The van der Waals surface area contributed by atoms with Crippen molar-refractivity contribution >= 4 is 54.5 Å². The van der Waals surface area contributed by atoms with E-state index in [4.69, 9.17) is 4.98 Å². The lowest BCUT2D eigenvalue weighted by atomic mass is 10.0. The molecule has 3 aromatic heterocycles. The van der Waals surface area contributed by atoms with Crippen LogP contribution in [0.1, 0.15) is 0 Å². The highest BCUT2D eigenvalue weighted by molar-refractivity contribution is 6.15. The van der Waals surface area contributed by atoms with Crippen molar-refractivity contribution in [3.8, 4) is 67.1 Å². The Morgan fingerprint density at radius 2 is 0.750 bits per heavy atom. The molecule has 0 saturated carbocycles. The third-order valence-corrected chi connectivity index (χ3v) is 12.7. The number of benzene rings is 9. The van der Waals surface area contributed by atoms with Crippen LogP contribution in [0.5, 0.6) is 0 Å². The molecular weight excluding hydrogens is 727 g/mol. The Balaban J connectivity index is 0.891. The van der Waals surface area contributed by atoms with Crippen LogP contribution < -0.4 is 0 Å². The van der Waals surface area contributed by atoms with Crippen molar-refractivity contribution in [3.63, 3.8) is 0 Å². The van der Waals surface area contributed by atoms with Crippen molar-refractivity contribution in [2.75, 3.05) is 0 Å². The molecule has 13 rings (SSSR count). The summed E-state index contributed by atoms with van der Waals surface area (Å²) in [7, 11) is 0. The van der Waals surface area contributed by atoms with Crippen LogP contribution in [0.15, 0.2) is 212 Å². The fraction of sp³-hybridized carbons (Fsp3) is 0.